The van der Waals surface area contributed by atoms with Crippen LogP contribution in [0.5, 0.6) is 0 Å². The number of rotatable bonds is 5. The molecule has 2 heterocycles. The average Bonchev–Trinajstić information content (AvgIpc) is 2.84. The van der Waals surface area contributed by atoms with Crippen molar-refractivity contribution >= 4 is 33.0 Å². The van der Waals surface area contributed by atoms with E-state index < -0.39 is 10.0 Å². The summed E-state index contributed by atoms with van der Waals surface area (Å²) in [5.41, 5.74) is 0.854. The third-order valence-corrected chi connectivity index (χ3v) is 5.94. The van der Waals surface area contributed by atoms with E-state index in [2.05, 4.69) is 9.97 Å². The van der Waals surface area contributed by atoms with E-state index in [-0.39, 0.29) is 8.68 Å². The van der Waals surface area contributed by atoms with Gasteiger partial charge in [-0.1, -0.05) is 29.0 Å². The molecule has 0 aliphatic heterocycles. The first-order valence-corrected chi connectivity index (χ1v) is 8.11. The molecule has 2 aromatic heterocycles. The Kier molecular flexibility index (Phi) is 4.51. The molecule has 0 amide bonds. The number of hydrogen-bond acceptors (Lipinski definition) is 5. The molecule has 0 aromatic carbocycles. The van der Waals surface area contributed by atoms with Crippen LogP contribution in [0.3, 0.4) is 0 Å². The van der Waals surface area contributed by atoms with Crippen molar-refractivity contribution in [3.63, 3.8) is 0 Å². The summed E-state index contributed by atoms with van der Waals surface area (Å²) in [5.74, 6) is 0. The van der Waals surface area contributed by atoms with Crippen molar-refractivity contribution in [1.29, 1.82) is 0 Å². The fraction of sp³-hybridized carbons (Fsp3) is 0.273. The lowest BCUT2D eigenvalue weighted by atomic mass is 10.3. The average molecular weight is 318 g/mol. The molecule has 8 heteroatoms. The Hall–Kier alpha value is -1.02. The van der Waals surface area contributed by atoms with Crippen molar-refractivity contribution in [3.8, 4) is 0 Å². The summed E-state index contributed by atoms with van der Waals surface area (Å²) in [5, 5.41) is 0. The van der Waals surface area contributed by atoms with E-state index in [4.69, 9.17) is 11.6 Å². The van der Waals surface area contributed by atoms with Crippen LogP contribution < -0.4 is 0 Å². The second-order valence-electron chi connectivity index (χ2n) is 3.83. The third kappa shape index (κ3) is 3.50. The van der Waals surface area contributed by atoms with E-state index in [1.54, 1.807) is 6.20 Å². The van der Waals surface area contributed by atoms with E-state index in [1.807, 2.05) is 18.2 Å². The van der Waals surface area contributed by atoms with Gasteiger partial charge in [0.2, 0.25) is 0 Å². The molecule has 0 unspecified atom stereocenters. The Labute approximate surface area is 120 Å². The van der Waals surface area contributed by atoms with Crippen LogP contribution in [0.15, 0.2) is 34.8 Å². The van der Waals surface area contributed by atoms with Gasteiger partial charge in [-0.3, -0.25) is 4.98 Å². The number of hydrogen-bond donors (Lipinski definition) is 0. The number of likely N-dealkylation sites (N-methyl/N-ethyl adjacent to an activating group) is 1. The molecule has 0 saturated carbocycles. The normalized spacial score (nSPS) is 11.9. The van der Waals surface area contributed by atoms with E-state index in [9.17, 15) is 8.42 Å². The van der Waals surface area contributed by atoms with Crippen LogP contribution in [0.4, 0.5) is 0 Å². The summed E-state index contributed by atoms with van der Waals surface area (Å²) in [4.78, 5) is 7.91. The summed E-state index contributed by atoms with van der Waals surface area (Å²) in [6, 6.07) is 5.56. The fourth-order valence-corrected chi connectivity index (χ4v) is 4.13. The lowest BCUT2D eigenvalue weighted by Gasteiger charge is -2.15. The summed E-state index contributed by atoms with van der Waals surface area (Å²) in [6.07, 6.45) is 3.52. The van der Waals surface area contributed by atoms with Crippen LogP contribution in [-0.2, 0) is 16.4 Å². The minimum atomic E-state index is -3.51. The van der Waals surface area contributed by atoms with Crippen molar-refractivity contribution in [2.75, 3.05) is 13.6 Å². The second-order valence-corrected chi connectivity index (χ2v) is 7.71. The van der Waals surface area contributed by atoms with Crippen LogP contribution in [0.2, 0.25) is 4.47 Å². The number of nitrogens with zero attached hydrogens (tertiary/aromatic N) is 3. The number of halogens is 1. The quantitative estimate of drug-likeness (QED) is 0.846. The molecule has 102 valence electrons. The van der Waals surface area contributed by atoms with Gasteiger partial charge in [0.15, 0.2) is 8.68 Å². The number of thiazole rings is 1. The lowest BCUT2D eigenvalue weighted by Crippen LogP contribution is -2.28. The van der Waals surface area contributed by atoms with E-state index in [0.29, 0.717) is 13.0 Å². The molecule has 19 heavy (non-hydrogen) atoms. The van der Waals surface area contributed by atoms with E-state index in [1.165, 1.54) is 17.5 Å². The van der Waals surface area contributed by atoms with Crippen molar-refractivity contribution in [3.05, 3.63) is 40.8 Å². The van der Waals surface area contributed by atoms with Gasteiger partial charge in [0.25, 0.3) is 10.0 Å². The van der Waals surface area contributed by atoms with Crippen LogP contribution in [0, 0.1) is 0 Å². The van der Waals surface area contributed by atoms with Gasteiger partial charge in [-0.25, -0.2) is 13.4 Å². The van der Waals surface area contributed by atoms with Crippen molar-refractivity contribution in [2.45, 2.75) is 10.6 Å². The molecule has 0 radical (unpaired) electrons. The molecule has 0 fully saturated rings. The zero-order chi connectivity index (χ0) is 13.9. The summed E-state index contributed by atoms with van der Waals surface area (Å²) in [7, 11) is -1.98. The first kappa shape index (κ1) is 14.4. The van der Waals surface area contributed by atoms with Crippen LogP contribution in [0.25, 0.3) is 0 Å². The number of pyridine rings is 1. The SMILES string of the molecule is CN(CCc1ccccn1)S(=O)(=O)c1cnc(Cl)s1. The highest BCUT2D eigenvalue weighted by molar-refractivity contribution is 7.91. The Morgan fingerprint density at radius 2 is 2.16 bits per heavy atom. The largest absolute Gasteiger partial charge is 0.261 e. The van der Waals surface area contributed by atoms with Crippen LogP contribution in [0.1, 0.15) is 5.69 Å². The van der Waals surface area contributed by atoms with Gasteiger partial charge in [0.1, 0.15) is 0 Å². The fourth-order valence-electron chi connectivity index (χ4n) is 1.45. The molecular formula is C11H12ClN3O2S2. The zero-order valence-electron chi connectivity index (χ0n) is 10.2. The second kappa shape index (κ2) is 5.96. The first-order chi connectivity index (χ1) is 9.00. The zero-order valence-corrected chi connectivity index (χ0v) is 12.5. The van der Waals surface area contributed by atoms with E-state index in [0.717, 1.165) is 17.0 Å². The summed E-state index contributed by atoms with van der Waals surface area (Å²) < 4.78 is 26.0. The van der Waals surface area contributed by atoms with Crippen molar-refractivity contribution < 1.29 is 8.42 Å². The molecule has 0 spiro atoms. The summed E-state index contributed by atoms with van der Waals surface area (Å²) >= 11 is 6.61. The Morgan fingerprint density at radius 3 is 2.74 bits per heavy atom. The highest BCUT2D eigenvalue weighted by Gasteiger charge is 2.23. The number of aromatic nitrogens is 2. The van der Waals surface area contributed by atoms with Crippen LogP contribution >= 0.6 is 22.9 Å². The minimum Gasteiger partial charge on any atom is -0.261 e. The topological polar surface area (TPSA) is 63.2 Å². The molecule has 5 nitrogen and oxygen atoms in total. The molecule has 0 saturated heterocycles. The lowest BCUT2D eigenvalue weighted by molar-refractivity contribution is 0.472. The maximum atomic E-state index is 12.2. The summed E-state index contributed by atoms with van der Waals surface area (Å²) in [6.45, 7) is 0.356. The van der Waals surface area contributed by atoms with Gasteiger partial charge in [-0.05, 0) is 12.1 Å². The monoisotopic (exact) mass is 317 g/mol. The molecule has 2 aromatic rings. The smallest absolute Gasteiger partial charge is 0.253 e. The maximum Gasteiger partial charge on any atom is 0.253 e. The van der Waals surface area contributed by atoms with Gasteiger partial charge in [-0.15, -0.1) is 0 Å². The highest BCUT2D eigenvalue weighted by atomic mass is 35.5. The van der Waals surface area contributed by atoms with Gasteiger partial charge in [0.05, 0.1) is 6.20 Å². The Balaban J connectivity index is 2.05. The van der Waals surface area contributed by atoms with Gasteiger partial charge < -0.3 is 0 Å². The molecule has 2 rings (SSSR count). The first-order valence-electron chi connectivity index (χ1n) is 5.48. The molecule has 0 aliphatic carbocycles. The Morgan fingerprint density at radius 1 is 1.37 bits per heavy atom. The molecule has 0 bridgehead atoms. The third-order valence-electron chi connectivity index (χ3n) is 2.53. The van der Waals surface area contributed by atoms with Gasteiger partial charge in [0, 0.05) is 31.9 Å². The standard InChI is InChI=1S/C11H12ClN3O2S2/c1-15(7-5-9-4-2-3-6-13-9)19(16,17)10-8-14-11(12)18-10/h2-4,6,8H,5,7H2,1H3. The molecule has 0 N–H and O–H groups in total. The Bertz CT molecular complexity index is 643. The van der Waals surface area contributed by atoms with Gasteiger partial charge >= 0.3 is 0 Å². The van der Waals surface area contributed by atoms with Crippen molar-refractivity contribution in [1.82, 2.24) is 14.3 Å². The predicted octanol–water partition coefficient (Wildman–Crippen LogP) is 2.05. The maximum absolute atomic E-state index is 12.2. The molecular weight excluding hydrogens is 306 g/mol. The van der Waals surface area contributed by atoms with E-state index >= 15 is 0 Å². The minimum absolute atomic E-state index is 0.154. The van der Waals surface area contributed by atoms with Gasteiger partial charge in [-0.2, -0.15) is 4.31 Å². The molecule has 0 atom stereocenters. The highest BCUT2D eigenvalue weighted by Crippen LogP contribution is 2.24. The number of sulfonamides is 1. The van der Waals surface area contributed by atoms with Crippen LogP contribution in [-0.4, -0.2) is 36.3 Å². The molecule has 0 aliphatic rings. The predicted molar refractivity (Wildman–Crippen MR) is 74.9 cm³/mol. The van der Waals surface area contributed by atoms with Crippen molar-refractivity contribution in [2.24, 2.45) is 0 Å².